The van der Waals surface area contributed by atoms with Gasteiger partial charge in [-0.05, 0) is 33.1 Å². The summed E-state index contributed by atoms with van der Waals surface area (Å²) in [5, 5.41) is 9.98. The molecule has 0 aromatic heterocycles. The van der Waals surface area contributed by atoms with Gasteiger partial charge in [-0.3, -0.25) is 0 Å². The van der Waals surface area contributed by atoms with Gasteiger partial charge in [-0.25, -0.2) is 9.78 Å². The van der Waals surface area contributed by atoms with E-state index in [4.69, 9.17) is 9.78 Å². The molecule has 0 bridgehead atoms. The molecule has 1 saturated carbocycles. The maximum Gasteiger partial charge on any atom is 0.199 e. The van der Waals surface area contributed by atoms with E-state index in [2.05, 4.69) is 0 Å². The molecule has 1 N–H and O–H groups in total. The van der Waals surface area contributed by atoms with Crippen molar-refractivity contribution < 1.29 is 14.9 Å². The van der Waals surface area contributed by atoms with E-state index >= 15 is 0 Å². The van der Waals surface area contributed by atoms with E-state index in [1.807, 2.05) is 20.8 Å². The quantitative estimate of drug-likeness (QED) is 0.433. The molecule has 0 atom stereocenters. The van der Waals surface area contributed by atoms with Gasteiger partial charge in [-0.15, -0.1) is 0 Å². The molecule has 84 valence electrons. The van der Waals surface area contributed by atoms with Gasteiger partial charge >= 0.3 is 0 Å². The maximum absolute atomic E-state index is 9.98. The van der Waals surface area contributed by atoms with Crippen LogP contribution in [0.4, 0.5) is 0 Å². The Labute approximate surface area is 86.3 Å². The SMILES string of the molecule is CCC(C)(C)OOC1(O)CCCCC1. The third kappa shape index (κ3) is 3.56. The molecule has 0 aromatic rings. The summed E-state index contributed by atoms with van der Waals surface area (Å²) in [6.07, 6.45) is 5.46. The minimum Gasteiger partial charge on any atom is -0.363 e. The van der Waals surface area contributed by atoms with Crippen LogP contribution in [0.15, 0.2) is 0 Å². The van der Waals surface area contributed by atoms with Crippen LogP contribution in [-0.4, -0.2) is 16.5 Å². The minimum atomic E-state index is -1.04. The Hall–Kier alpha value is -0.120. The molecule has 3 heteroatoms. The summed E-state index contributed by atoms with van der Waals surface area (Å²) >= 11 is 0. The fourth-order valence-electron chi connectivity index (χ4n) is 1.44. The highest BCUT2D eigenvalue weighted by atomic mass is 17.2. The molecule has 0 aromatic carbocycles. The smallest absolute Gasteiger partial charge is 0.199 e. The third-order valence-electron chi connectivity index (χ3n) is 2.91. The van der Waals surface area contributed by atoms with E-state index in [0.29, 0.717) is 12.8 Å². The van der Waals surface area contributed by atoms with Gasteiger partial charge in [0.25, 0.3) is 0 Å². The van der Waals surface area contributed by atoms with E-state index in [0.717, 1.165) is 19.3 Å². The largest absolute Gasteiger partial charge is 0.363 e. The standard InChI is InChI=1S/C11H22O3/c1-4-10(2,3)13-14-11(12)8-6-5-7-9-11/h12H,4-9H2,1-3H3. The molecular weight excluding hydrogens is 180 g/mol. The van der Waals surface area contributed by atoms with E-state index in [9.17, 15) is 5.11 Å². The number of rotatable bonds is 4. The van der Waals surface area contributed by atoms with Gasteiger partial charge in [-0.2, -0.15) is 0 Å². The van der Waals surface area contributed by atoms with Crippen molar-refractivity contribution in [1.29, 1.82) is 0 Å². The third-order valence-corrected chi connectivity index (χ3v) is 2.91. The van der Waals surface area contributed by atoms with Crippen molar-refractivity contribution in [2.24, 2.45) is 0 Å². The number of hydrogen-bond acceptors (Lipinski definition) is 3. The molecule has 1 rings (SSSR count). The Kier molecular flexibility index (Phi) is 3.93. The van der Waals surface area contributed by atoms with Crippen LogP contribution in [0.5, 0.6) is 0 Å². The summed E-state index contributed by atoms with van der Waals surface area (Å²) in [6, 6.07) is 0. The summed E-state index contributed by atoms with van der Waals surface area (Å²) < 4.78 is 0. The highest BCUT2D eigenvalue weighted by Crippen LogP contribution is 2.30. The molecule has 1 aliphatic carbocycles. The molecule has 0 saturated heterocycles. The molecule has 14 heavy (non-hydrogen) atoms. The van der Waals surface area contributed by atoms with Crippen LogP contribution in [0.3, 0.4) is 0 Å². The van der Waals surface area contributed by atoms with Crippen molar-refractivity contribution in [2.45, 2.75) is 70.7 Å². The van der Waals surface area contributed by atoms with Crippen LogP contribution in [0.1, 0.15) is 59.3 Å². The lowest BCUT2D eigenvalue weighted by molar-refractivity contribution is -0.459. The topological polar surface area (TPSA) is 38.7 Å². The first-order chi connectivity index (χ1) is 6.47. The second-order valence-corrected chi connectivity index (χ2v) is 4.79. The predicted molar refractivity (Wildman–Crippen MR) is 54.6 cm³/mol. The first-order valence-electron chi connectivity index (χ1n) is 5.57. The lowest BCUT2D eigenvalue weighted by Crippen LogP contribution is -2.38. The summed E-state index contributed by atoms with van der Waals surface area (Å²) in [5.74, 6) is -1.04. The fraction of sp³-hybridized carbons (Fsp3) is 1.00. The Morgan fingerprint density at radius 2 is 1.79 bits per heavy atom. The van der Waals surface area contributed by atoms with E-state index in [1.54, 1.807) is 0 Å². The second-order valence-electron chi connectivity index (χ2n) is 4.79. The summed E-state index contributed by atoms with van der Waals surface area (Å²) in [6.45, 7) is 5.95. The fourth-order valence-corrected chi connectivity index (χ4v) is 1.44. The Bertz CT molecular complexity index is 171. The number of hydrogen-bond donors (Lipinski definition) is 1. The zero-order valence-electron chi connectivity index (χ0n) is 9.51. The average Bonchev–Trinajstić information content (AvgIpc) is 2.17. The molecule has 0 spiro atoms. The van der Waals surface area contributed by atoms with Gasteiger partial charge in [-0.1, -0.05) is 13.3 Å². The predicted octanol–water partition coefficient (Wildman–Crippen LogP) is 2.78. The van der Waals surface area contributed by atoms with Crippen molar-refractivity contribution in [3.05, 3.63) is 0 Å². The van der Waals surface area contributed by atoms with Crippen LogP contribution in [0.25, 0.3) is 0 Å². The lowest BCUT2D eigenvalue weighted by Gasteiger charge is -2.33. The van der Waals surface area contributed by atoms with Crippen LogP contribution in [-0.2, 0) is 9.78 Å². The van der Waals surface area contributed by atoms with E-state index in [1.165, 1.54) is 6.42 Å². The maximum atomic E-state index is 9.98. The normalized spacial score (nSPS) is 22.3. The van der Waals surface area contributed by atoms with Gasteiger partial charge in [0.15, 0.2) is 5.79 Å². The highest BCUT2D eigenvalue weighted by molar-refractivity contribution is 4.72. The number of aliphatic hydroxyl groups is 1. The first kappa shape index (κ1) is 12.0. The summed E-state index contributed by atoms with van der Waals surface area (Å²) in [4.78, 5) is 10.5. The van der Waals surface area contributed by atoms with Gasteiger partial charge < -0.3 is 5.11 Å². The van der Waals surface area contributed by atoms with Crippen LogP contribution < -0.4 is 0 Å². The molecular formula is C11H22O3. The molecule has 0 amide bonds. The van der Waals surface area contributed by atoms with Crippen LogP contribution in [0, 0.1) is 0 Å². The van der Waals surface area contributed by atoms with Crippen molar-refractivity contribution >= 4 is 0 Å². The molecule has 0 aliphatic heterocycles. The Morgan fingerprint density at radius 1 is 1.21 bits per heavy atom. The minimum absolute atomic E-state index is 0.312. The van der Waals surface area contributed by atoms with Gasteiger partial charge in [0.2, 0.25) is 0 Å². The molecule has 0 unspecified atom stereocenters. The van der Waals surface area contributed by atoms with Gasteiger partial charge in [0, 0.05) is 12.8 Å². The molecule has 1 fully saturated rings. The molecule has 0 heterocycles. The van der Waals surface area contributed by atoms with Crippen molar-refractivity contribution in [3.63, 3.8) is 0 Å². The van der Waals surface area contributed by atoms with E-state index in [-0.39, 0.29) is 5.60 Å². The Balaban J connectivity index is 2.35. The van der Waals surface area contributed by atoms with Crippen molar-refractivity contribution in [1.82, 2.24) is 0 Å². The first-order valence-corrected chi connectivity index (χ1v) is 5.57. The average molecular weight is 202 g/mol. The summed E-state index contributed by atoms with van der Waals surface area (Å²) in [7, 11) is 0. The molecule has 0 radical (unpaired) electrons. The zero-order chi connectivity index (χ0) is 10.7. The Morgan fingerprint density at radius 3 is 2.29 bits per heavy atom. The molecule has 1 aliphatic rings. The van der Waals surface area contributed by atoms with Crippen molar-refractivity contribution in [3.8, 4) is 0 Å². The van der Waals surface area contributed by atoms with Gasteiger partial charge in [0.1, 0.15) is 0 Å². The summed E-state index contributed by atoms with van der Waals surface area (Å²) in [5.41, 5.74) is -0.312. The monoisotopic (exact) mass is 202 g/mol. The molecule has 3 nitrogen and oxygen atoms in total. The van der Waals surface area contributed by atoms with Gasteiger partial charge in [0.05, 0.1) is 5.60 Å². The van der Waals surface area contributed by atoms with Crippen LogP contribution in [0.2, 0.25) is 0 Å². The zero-order valence-corrected chi connectivity index (χ0v) is 9.51. The second kappa shape index (κ2) is 4.60. The highest BCUT2D eigenvalue weighted by Gasteiger charge is 2.33. The van der Waals surface area contributed by atoms with Crippen molar-refractivity contribution in [2.75, 3.05) is 0 Å². The van der Waals surface area contributed by atoms with E-state index < -0.39 is 5.79 Å². The van der Waals surface area contributed by atoms with Crippen LogP contribution >= 0.6 is 0 Å². The lowest BCUT2D eigenvalue weighted by atomic mass is 9.95.